The number of hydrogen-bond donors (Lipinski definition) is 0. The second-order valence-electron chi connectivity index (χ2n) is 8.62. The molecule has 1 aliphatic carbocycles. The summed E-state index contributed by atoms with van der Waals surface area (Å²) in [5, 5.41) is 0. The van der Waals surface area contributed by atoms with Crippen LogP contribution in [-0.2, 0) is 18.4 Å². The monoisotopic (exact) mass is 392 g/mol. The van der Waals surface area contributed by atoms with Crippen molar-refractivity contribution in [1.82, 2.24) is 9.55 Å². The molecule has 3 aromatic carbocycles. The average Bonchev–Trinajstić information content (AvgIpc) is 2.76. The molecule has 0 spiro atoms. The van der Waals surface area contributed by atoms with Gasteiger partial charge in [-0.05, 0) is 17.5 Å². The van der Waals surface area contributed by atoms with Crippen LogP contribution in [0.5, 0.6) is 0 Å². The van der Waals surface area contributed by atoms with Crippen molar-refractivity contribution in [1.29, 1.82) is 0 Å². The van der Waals surface area contributed by atoms with E-state index in [0.29, 0.717) is 6.54 Å². The van der Waals surface area contributed by atoms with E-state index in [1.807, 2.05) is 59.2 Å². The van der Waals surface area contributed by atoms with E-state index in [4.69, 9.17) is 4.98 Å². The van der Waals surface area contributed by atoms with Gasteiger partial charge in [0.15, 0.2) is 0 Å². The Morgan fingerprint density at radius 3 is 2.23 bits per heavy atom. The number of benzene rings is 3. The molecule has 1 aromatic heterocycles. The summed E-state index contributed by atoms with van der Waals surface area (Å²) in [7, 11) is 0. The standard InChI is InChI=1S/C27H24N2O/c1-27(2)17-21-15-9-10-16-22(21)24-23(27)26(30)29(18-19-11-5-3-6-12-19)25(28-24)20-13-7-4-8-14-20/h3-16H,17-18H2,1-2H3. The summed E-state index contributed by atoms with van der Waals surface area (Å²) in [5.74, 6) is 0.718. The molecule has 1 heterocycles. The molecular weight excluding hydrogens is 368 g/mol. The largest absolute Gasteiger partial charge is 0.288 e. The van der Waals surface area contributed by atoms with E-state index in [2.05, 4.69) is 44.2 Å². The fourth-order valence-corrected chi connectivity index (χ4v) is 4.55. The Bertz CT molecular complexity index is 1270. The molecule has 4 aromatic rings. The van der Waals surface area contributed by atoms with E-state index in [-0.39, 0.29) is 11.0 Å². The van der Waals surface area contributed by atoms with Crippen LogP contribution in [0.3, 0.4) is 0 Å². The molecule has 0 aliphatic heterocycles. The van der Waals surface area contributed by atoms with Gasteiger partial charge in [-0.15, -0.1) is 0 Å². The number of aromatic nitrogens is 2. The van der Waals surface area contributed by atoms with Gasteiger partial charge in [-0.3, -0.25) is 9.36 Å². The zero-order chi connectivity index (χ0) is 20.7. The maximum atomic E-state index is 14.0. The summed E-state index contributed by atoms with van der Waals surface area (Å²) in [6.45, 7) is 4.81. The lowest BCUT2D eigenvalue weighted by atomic mass is 9.72. The highest BCUT2D eigenvalue weighted by Gasteiger charge is 2.36. The van der Waals surface area contributed by atoms with Crippen LogP contribution in [0.25, 0.3) is 22.6 Å². The van der Waals surface area contributed by atoms with Crippen molar-refractivity contribution in [2.24, 2.45) is 0 Å². The molecule has 30 heavy (non-hydrogen) atoms. The van der Waals surface area contributed by atoms with E-state index < -0.39 is 0 Å². The first-order valence-electron chi connectivity index (χ1n) is 10.4. The fourth-order valence-electron chi connectivity index (χ4n) is 4.55. The van der Waals surface area contributed by atoms with Gasteiger partial charge in [-0.25, -0.2) is 4.98 Å². The van der Waals surface area contributed by atoms with Gasteiger partial charge in [0.05, 0.1) is 12.2 Å². The lowest BCUT2D eigenvalue weighted by molar-refractivity contribution is 0.499. The molecule has 0 saturated heterocycles. The summed E-state index contributed by atoms with van der Waals surface area (Å²) in [6, 6.07) is 28.5. The lowest BCUT2D eigenvalue weighted by Crippen LogP contribution is -2.38. The van der Waals surface area contributed by atoms with Crippen LogP contribution in [0.4, 0.5) is 0 Å². The molecule has 0 N–H and O–H groups in total. The van der Waals surface area contributed by atoms with Gasteiger partial charge in [0.2, 0.25) is 0 Å². The smallest absolute Gasteiger partial charge is 0.258 e. The maximum Gasteiger partial charge on any atom is 0.258 e. The van der Waals surface area contributed by atoms with Gasteiger partial charge in [-0.1, -0.05) is 98.8 Å². The quantitative estimate of drug-likeness (QED) is 0.464. The molecule has 0 fully saturated rings. The topological polar surface area (TPSA) is 34.9 Å². The SMILES string of the molecule is CC1(C)Cc2ccccc2-c2nc(-c3ccccc3)n(Cc3ccccc3)c(=O)c21. The van der Waals surface area contributed by atoms with Gasteiger partial charge < -0.3 is 0 Å². The molecule has 1 aliphatic rings. The first-order valence-corrected chi connectivity index (χ1v) is 10.4. The molecule has 0 unspecified atom stereocenters. The molecular formula is C27H24N2O. The Morgan fingerprint density at radius 2 is 1.50 bits per heavy atom. The van der Waals surface area contributed by atoms with Crippen molar-refractivity contribution in [2.45, 2.75) is 32.2 Å². The van der Waals surface area contributed by atoms with E-state index in [1.54, 1.807) is 0 Å². The third kappa shape index (κ3) is 3.07. The molecule has 0 radical (unpaired) electrons. The summed E-state index contributed by atoms with van der Waals surface area (Å²) in [6.07, 6.45) is 0.836. The molecule has 0 saturated carbocycles. The third-order valence-corrected chi connectivity index (χ3v) is 5.97. The Balaban J connectivity index is 1.83. The van der Waals surface area contributed by atoms with E-state index >= 15 is 0 Å². The molecule has 0 amide bonds. The molecule has 5 rings (SSSR count). The number of fused-ring (bicyclic) bond motifs is 3. The van der Waals surface area contributed by atoms with Crippen LogP contribution in [0.1, 0.15) is 30.5 Å². The minimum atomic E-state index is -0.276. The first-order chi connectivity index (χ1) is 14.5. The van der Waals surface area contributed by atoms with E-state index in [9.17, 15) is 4.79 Å². The highest BCUT2D eigenvalue weighted by molar-refractivity contribution is 5.73. The highest BCUT2D eigenvalue weighted by atomic mass is 16.1. The Morgan fingerprint density at radius 1 is 0.867 bits per heavy atom. The molecule has 3 heteroatoms. The zero-order valence-electron chi connectivity index (χ0n) is 17.3. The lowest BCUT2D eigenvalue weighted by Gasteiger charge is -2.33. The van der Waals surface area contributed by atoms with Crippen molar-refractivity contribution in [3.05, 3.63) is 112 Å². The maximum absolute atomic E-state index is 14.0. The predicted octanol–water partition coefficient (Wildman–Crippen LogP) is 5.46. The van der Waals surface area contributed by atoms with Crippen LogP contribution in [0.15, 0.2) is 89.7 Å². The van der Waals surface area contributed by atoms with E-state index in [1.165, 1.54) is 5.56 Å². The molecule has 3 nitrogen and oxygen atoms in total. The van der Waals surface area contributed by atoms with Gasteiger partial charge in [-0.2, -0.15) is 0 Å². The summed E-state index contributed by atoms with van der Waals surface area (Å²) >= 11 is 0. The van der Waals surface area contributed by atoms with Crippen LogP contribution in [-0.4, -0.2) is 9.55 Å². The fraction of sp³-hybridized carbons (Fsp3) is 0.185. The Hall–Kier alpha value is -3.46. The van der Waals surface area contributed by atoms with Gasteiger partial charge >= 0.3 is 0 Å². The summed E-state index contributed by atoms with van der Waals surface area (Å²) < 4.78 is 1.85. The highest BCUT2D eigenvalue weighted by Crippen LogP contribution is 2.41. The first kappa shape index (κ1) is 18.6. The normalized spacial score (nSPS) is 14.1. The number of rotatable bonds is 3. The van der Waals surface area contributed by atoms with E-state index in [0.717, 1.165) is 40.2 Å². The number of hydrogen-bond acceptors (Lipinski definition) is 2. The van der Waals surface area contributed by atoms with Crippen molar-refractivity contribution in [2.75, 3.05) is 0 Å². The van der Waals surface area contributed by atoms with Gasteiger partial charge in [0.1, 0.15) is 5.82 Å². The zero-order valence-corrected chi connectivity index (χ0v) is 17.3. The van der Waals surface area contributed by atoms with Gasteiger partial charge in [0.25, 0.3) is 5.56 Å². The van der Waals surface area contributed by atoms with Crippen LogP contribution < -0.4 is 5.56 Å². The molecule has 148 valence electrons. The average molecular weight is 393 g/mol. The Kier molecular flexibility index (Phi) is 4.39. The second kappa shape index (κ2) is 7.10. The van der Waals surface area contributed by atoms with Crippen molar-refractivity contribution in [3.8, 4) is 22.6 Å². The van der Waals surface area contributed by atoms with Crippen molar-refractivity contribution >= 4 is 0 Å². The van der Waals surface area contributed by atoms with Crippen molar-refractivity contribution < 1.29 is 0 Å². The summed E-state index contributed by atoms with van der Waals surface area (Å²) in [5.41, 5.74) is 5.80. The summed E-state index contributed by atoms with van der Waals surface area (Å²) in [4.78, 5) is 19.1. The van der Waals surface area contributed by atoms with Crippen molar-refractivity contribution in [3.63, 3.8) is 0 Å². The van der Waals surface area contributed by atoms with Crippen LogP contribution in [0, 0.1) is 0 Å². The van der Waals surface area contributed by atoms with Crippen LogP contribution >= 0.6 is 0 Å². The number of nitrogens with zero attached hydrogens (tertiary/aromatic N) is 2. The minimum Gasteiger partial charge on any atom is -0.288 e. The second-order valence-corrected chi connectivity index (χ2v) is 8.62. The van der Waals surface area contributed by atoms with Crippen LogP contribution in [0.2, 0.25) is 0 Å². The third-order valence-electron chi connectivity index (χ3n) is 5.97. The van der Waals surface area contributed by atoms with Gasteiger partial charge in [0, 0.05) is 22.1 Å². The predicted molar refractivity (Wildman–Crippen MR) is 122 cm³/mol. The molecule has 0 bridgehead atoms. The Labute approximate surface area is 176 Å². The molecule has 0 atom stereocenters. The minimum absolute atomic E-state index is 0.0576.